The number of hydrogen-bond acceptors (Lipinski definition) is 5. The fourth-order valence-corrected chi connectivity index (χ4v) is 4.30. The van der Waals surface area contributed by atoms with Crippen molar-refractivity contribution >= 4 is 28.6 Å². The van der Waals surface area contributed by atoms with Gasteiger partial charge in [-0.15, -0.1) is 0 Å². The van der Waals surface area contributed by atoms with Gasteiger partial charge in [-0.1, -0.05) is 35.9 Å². The number of carbonyl (C=O) groups excluding carboxylic acids is 3. The molecule has 142 valence electrons. The number of aryl methyl sites for hydroxylation is 2. The minimum atomic E-state index is -1.89. The minimum absolute atomic E-state index is 0.228. The number of methoxy groups -OCH3 is 2. The van der Waals surface area contributed by atoms with Crippen LogP contribution in [0.4, 0.5) is 0 Å². The van der Waals surface area contributed by atoms with Crippen molar-refractivity contribution in [1.29, 1.82) is 0 Å². The van der Waals surface area contributed by atoms with Crippen LogP contribution >= 0.6 is 0 Å². The fourth-order valence-electron chi connectivity index (χ4n) is 4.30. The molecule has 3 aromatic rings. The van der Waals surface area contributed by atoms with E-state index < -0.39 is 17.4 Å². The third-order valence-corrected chi connectivity index (χ3v) is 5.50. The van der Waals surface area contributed by atoms with Crippen LogP contribution < -0.4 is 0 Å². The summed E-state index contributed by atoms with van der Waals surface area (Å²) in [6.07, 6.45) is 0. The van der Waals surface area contributed by atoms with Crippen molar-refractivity contribution in [3.8, 4) is 0 Å². The Balaban J connectivity index is 2.28. The van der Waals surface area contributed by atoms with E-state index in [-0.39, 0.29) is 17.0 Å². The van der Waals surface area contributed by atoms with E-state index in [2.05, 4.69) is 0 Å². The molecule has 6 heteroatoms. The molecule has 0 saturated carbocycles. The number of aromatic nitrogens is 1. The molecule has 28 heavy (non-hydrogen) atoms. The molecule has 0 atom stereocenters. The zero-order valence-electron chi connectivity index (χ0n) is 16.0. The second kappa shape index (κ2) is 6.05. The van der Waals surface area contributed by atoms with Crippen LogP contribution in [0.2, 0.25) is 0 Å². The van der Waals surface area contributed by atoms with Gasteiger partial charge in [0.2, 0.25) is 5.41 Å². The fraction of sp³-hybridized carbons (Fsp3) is 0.227. The third kappa shape index (κ3) is 2.00. The normalized spacial score (nSPS) is 14.4. The summed E-state index contributed by atoms with van der Waals surface area (Å²) in [5.74, 6) is -1.80. The first-order valence-corrected chi connectivity index (χ1v) is 8.80. The molecule has 0 aliphatic heterocycles. The second-order valence-corrected chi connectivity index (χ2v) is 6.91. The Morgan fingerprint density at radius 1 is 1.00 bits per heavy atom. The van der Waals surface area contributed by atoms with Crippen LogP contribution in [0.1, 0.15) is 32.7 Å². The van der Waals surface area contributed by atoms with E-state index in [1.165, 1.54) is 14.2 Å². The number of benzene rings is 2. The Morgan fingerprint density at radius 2 is 1.64 bits per heavy atom. The lowest BCUT2D eigenvalue weighted by molar-refractivity contribution is -0.159. The molecule has 2 aromatic carbocycles. The Hall–Kier alpha value is -3.41. The number of esters is 2. The first kappa shape index (κ1) is 18.0. The van der Waals surface area contributed by atoms with Gasteiger partial charge in [-0.05, 0) is 24.6 Å². The van der Waals surface area contributed by atoms with Crippen molar-refractivity contribution in [2.24, 2.45) is 7.05 Å². The van der Waals surface area contributed by atoms with Crippen LogP contribution in [0.15, 0.2) is 42.5 Å². The predicted molar refractivity (Wildman–Crippen MR) is 102 cm³/mol. The Labute approximate surface area is 161 Å². The number of ketones is 1. The van der Waals surface area contributed by atoms with Gasteiger partial charge >= 0.3 is 11.9 Å². The van der Waals surface area contributed by atoms with E-state index >= 15 is 0 Å². The van der Waals surface area contributed by atoms with Gasteiger partial charge < -0.3 is 14.0 Å². The summed E-state index contributed by atoms with van der Waals surface area (Å²) < 4.78 is 11.9. The van der Waals surface area contributed by atoms with Gasteiger partial charge in [0.15, 0.2) is 5.78 Å². The quantitative estimate of drug-likeness (QED) is 0.507. The molecule has 4 rings (SSSR count). The summed E-state index contributed by atoms with van der Waals surface area (Å²) >= 11 is 0. The van der Waals surface area contributed by atoms with Crippen LogP contribution in [-0.4, -0.2) is 36.5 Å². The first-order valence-electron chi connectivity index (χ1n) is 8.80. The predicted octanol–water partition coefficient (Wildman–Crippen LogP) is 2.66. The van der Waals surface area contributed by atoms with Crippen molar-refractivity contribution < 1.29 is 23.9 Å². The lowest BCUT2D eigenvalue weighted by Crippen LogP contribution is -2.51. The number of hydrogen-bond donors (Lipinski definition) is 0. The highest BCUT2D eigenvalue weighted by Gasteiger charge is 2.59. The molecule has 0 unspecified atom stereocenters. The molecule has 0 saturated heterocycles. The van der Waals surface area contributed by atoms with Gasteiger partial charge in [-0.25, -0.2) is 0 Å². The maximum atomic E-state index is 13.5. The van der Waals surface area contributed by atoms with Crippen LogP contribution in [0.3, 0.4) is 0 Å². The average molecular weight is 377 g/mol. The SMILES string of the molecule is COC(=O)C1(C(=O)OC)c2ccc(C)cc2C(=O)c2c1n(C)c1ccccc21. The maximum Gasteiger partial charge on any atom is 0.334 e. The number of fused-ring (bicyclic) bond motifs is 4. The highest BCUT2D eigenvalue weighted by atomic mass is 16.5. The highest BCUT2D eigenvalue weighted by Crippen LogP contribution is 2.47. The third-order valence-electron chi connectivity index (χ3n) is 5.50. The second-order valence-electron chi connectivity index (χ2n) is 6.91. The number of para-hydroxylation sites is 1. The van der Waals surface area contributed by atoms with Crippen LogP contribution in [0.5, 0.6) is 0 Å². The Kier molecular flexibility index (Phi) is 3.89. The molecule has 1 aliphatic rings. The molecule has 1 aliphatic carbocycles. The van der Waals surface area contributed by atoms with Gasteiger partial charge in [-0.3, -0.25) is 14.4 Å². The van der Waals surface area contributed by atoms with Crippen LogP contribution in [0.25, 0.3) is 10.9 Å². The first-order chi connectivity index (χ1) is 13.4. The van der Waals surface area contributed by atoms with Crippen molar-refractivity contribution in [2.45, 2.75) is 12.3 Å². The average Bonchev–Trinajstić information content (AvgIpc) is 3.01. The summed E-state index contributed by atoms with van der Waals surface area (Å²) in [6, 6.07) is 12.4. The van der Waals surface area contributed by atoms with Crippen LogP contribution in [0, 0.1) is 6.92 Å². The zero-order chi connectivity index (χ0) is 20.2. The Bertz CT molecular complexity index is 1160. The van der Waals surface area contributed by atoms with Gasteiger partial charge in [0.1, 0.15) is 0 Å². The number of carbonyl (C=O) groups is 3. The molecule has 0 N–H and O–H groups in total. The largest absolute Gasteiger partial charge is 0.468 e. The van der Waals surface area contributed by atoms with Crippen molar-refractivity contribution in [3.05, 3.63) is 70.4 Å². The summed E-state index contributed by atoms with van der Waals surface area (Å²) in [7, 11) is 4.17. The molecule has 1 aromatic heterocycles. The van der Waals surface area contributed by atoms with E-state index in [1.54, 1.807) is 29.8 Å². The summed E-state index contributed by atoms with van der Waals surface area (Å²) in [5, 5.41) is 0.675. The van der Waals surface area contributed by atoms with Gasteiger partial charge in [0.25, 0.3) is 0 Å². The summed E-state index contributed by atoms with van der Waals surface area (Å²) in [6.45, 7) is 1.85. The monoisotopic (exact) mass is 377 g/mol. The molecule has 0 bridgehead atoms. The Morgan fingerprint density at radius 3 is 2.29 bits per heavy atom. The summed E-state index contributed by atoms with van der Waals surface area (Å²) in [5.41, 5.74) is 0.881. The zero-order valence-corrected chi connectivity index (χ0v) is 16.0. The smallest absolute Gasteiger partial charge is 0.334 e. The lowest BCUT2D eigenvalue weighted by Gasteiger charge is -2.34. The van der Waals surface area contributed by atoms with Gasteiger partial charge in [-0.2, -0.15) is 0 Å². The molecule has 0 fully saturated rings. The maximum absolute atomic E-state index is 13.5. The topological polar surface area (TPSA) is 74.6 Å². The van der Waals surface area contributed by atoms with E-state index in [0.29, 0.717) is 16.5 Å². The van der Waals surface area contributed by atoms with E-state index in [4.69, 9.17) is 9.47 Å². The minimum Gasteiger partial charge on any atom is -0.468 e. The van der Waals surface area contributed by atoms with E-state index in [0.717, 1.165) is 11.1 Å². The lowest BCUT2D eigenvalue weighted by atomic mass is 9.68. The highest BCUT2D eigenvalue weighted by molar-refractivity contribution is 6.26. The van der Waals surface area contributed by atoms with E-state index in [1.807, 2.05) is 31.2 Å². The van der Waals surface area contributed by atoms with Gasteiger partial charge in [0.05, 0.1) is 25.5 Å². The van der Waals surface area contributed by atoms with Gasteiger partial charge in [0, 0.05) is 23.5 Å². The molecular formula is C22H19NO5. The molecule has 0 spiro atoms. The molecule has 0 radical (unpaired) electrons. The number of rotatable bonds is 2. The molecule has 0 amide bonds. The van der Waals surface area contributed by atoms with Crippen molar-refractivity contribution in [3.63, 3.8) is 0 Å². The molecular weight excluding hydrogens is 358 g/mol. The van der Waals surface area contributed by atoms with Crippen LogP contribution in [-0.2, 0) is 31.5 Å². The number of nitrogens with zero attached hydrogens (tertiary/aromatic N) is 1. The van der Waals surface area contributed by atoms with Crippen molar-refractivity contribution in [1.82, 2.24) is 4.57 Å². The van der Waals surface area contributed by atoms with E-state index in [9.17, 15) is 14.4 Å². The molecule has 6 nitrogen and oxygen atoms in total. The van der Waals surface area contributed by atoms with Crippen molar-refractivity contribution in [2.75, 3.05) is 14.2 Å². The molecule has 1 heterocycles. The summed E-state index contributed by atoms with van der Waals surface area (Å²) in [4.78, 5) is 39.9. The number of ether oxygens (including phenoxy) is 2. The standard InChI is InChI=1S/C22H19NO5/c1-12-9-10-15-14(11-12)18(24)17-13-7-5-6-8-16(13)23(2)19(17)22(15,20(25)27-3)21(26)28-4/h5-11H,1-4H3.